The van der Waals surface area contributed by atoms with E-state index in [0.29, 0.717) is 5.16 Å². The summed E-state index contributed by atoms with van der Waals surface area (Å²) in [4.78, 5) is 0. The summed E-state index contributed by atoms with van der Waals surface area (Å²) in [7, 11) is 5.27. The number of thioether (sulfide) groups is 1. The zero-order valence-corrected chi connectivity index (χ0v) is 12.5. The Morgan fingerprint density at radius 2 is 1.73 bits per heavy atom. The molecule has 1 aliphatic rings. The van der Waals surface area contributed by atoms with E-state index in [4.69, 9.17) is 7.57 Å². The van der Waals surface area contributed by atoms with Gasteiger partial charge >= 0.3 is 0 Å². The van der Waals surface area contributed by atoms with Crippen molar-refractivity contribution in [2.75, 3.05) is 12.2 Å². The standard InChI is InChI=1S/C12H25BPS/c1-12(2,3)14(4,13)10-15-11-8-6-5-7-9-11/h11H,5-10H2,1-4H3. The van der Waals surface area contributed by atoms with Gasteiger partial charge in [0.05, 0.1) is 5.49 Å². The van der Waals surface area contributed by atoms with Gasteiger partial charge < -0.3 is 7.57 Å². The van der Waals surface area contributed by atoms with E-state index < -0.39 is 7.14 Å². The fourth-order valence-electron chi connectivity index (χ4n) is 1.69. The van der Waals surface area contributed by atoms with Crippen molar-refractivity contribution in [2.45, 2.75) is 63.3 Å². The molecule has 15 heavy (non-hydrogen) atoms. The van der Waals surface area contributed by atoms with E-state index in [1.807, 2.05) is 0 Å². The van der Waals surface area contributed by atoms with E-state index >= 15 is 0 Å². The fraction of sp³-hybridized carbons (Fsp3) is 1.00. The lowest BCUT2D eigenvalue weighted by molar-refractivity contribution is 0.516. The third-order valence-corrected chi connectivity index (χ3v) is 10.4. The molecule has 1 aliphatic carbocycles. The Morgan fingerprint density at radius 1 is 1.20 bits per heavy atom. The first-order valence-electron chi connectivity index (χ1n) is 6.09. The van der Waals surface area contributed by atoms with Crippen LogP contribution in [0.15, 0.2) is 0 Å². The molecule has 0 bridgehead atoms. The summed E-state index contributed by atoms with van der Waals surface area (Å²) < 4.78 is 0. The highest BCUT2D eigenvalue weighted by Crippen LogP contribution is 2.64. The Labute approximate surface area is 102 Å². The Morgan fingerprint density at radius 3 is 2.20 bits per heavy atom. The maximum absolute atomic E-state index is 6.50. The lowest BCUT2D eigenvalue weighted by Crippen LogP contribution is -2.22. The molecule has 0 heterocycles. The maximum atomic E-state index is 6.50. The first-order chi connectivity index (χ1) is 6.83. The van der Waals surface area contributed by atoms with Crippen LogP contribution in [0.2, 0.25) is 0 Å². The summed E-state index contributed by atoms with van der Waals surface area (Å²) in [6.07, 6.45) is 7.18. The highest BCUT2D eigenvalue weighted by atomic mass is 32.2. The number of hydrogen-bond acceptors (Lipinski definition) is 1. The lowest BCUT2D eigenvalue weighted by atomic mass is 10.0. The van der Waals surface area contributed by atoms with Crippen molar-refractivity contribution in [1.82, 2.24) is 0 Å². The summed E-state index contributed by atoms with van der Waals surface area (Å²) in [6.45, 7) is 9.19. The third-order valence-electron chi connectivity index (χ3n) is 3.66. The van der Waals surface area contributed by atoms with Gasteiger partial charge in [-0.3, -0.25) is 0 Å². The van der Waals surface area contributed by atoms with E-state index in [0.717, 1.165) is 5.25 Å². The second-order valence-electron chi connectivity index (χ2n) is 5.99. The Balaban J connectivity index is 2.35. The zero-order chi connectivity index (χ0) is 11.5. The predicted octanol–water partition coefficient (Wildman–Crippen LogP) is 4.54. The van der Waals surface area contributed by atoms with Crippen LogP contribution in [0.3, 0.4) is 0 Å². The van der Waals surface area contributed by atoms with Gasteiger partial charge in [-0.15, -0.1) is 11.8 Å². The van der Waals surface area contributed by atoms with Crippen molar-refractivity contribution in [3.05, 3.63) is 0 Å². The average Bonchev–Trinajstić information content (AvgIpc) is 2.15. The molecule has 0 aromatic carbocycles. The monoisotopic (exact) mass is 243 g/mol. The molecule has 1 fully saturated rings. The second-order valence-corrected chi connectivity index (χ2v) is 11.9. The van der Waals surface area contributed by atoms with Gasteiger partial charge in [-0.05, 0) is 33.6 Å². The second kappa shape index (κ2) is 5.45. The highest BCUT2D eigenvalue weighted by Gasteiger charge is 2.29. The normalized spacial score (nSPS) is 23.8. The summed E-state index contributed by atoms with van der Waals surface area (Å²) in [5.41, 5.74) is 1.21. The van der Waals surface area contributed by atoms with Crippen molar-refractivity contribution in [1.29, 1.82) is 0 Å². The van der Waals surface area contributed by atoms with Crippen LogP contribution in [-0.2, 0) is 0 Å². The molecule has 0 N–H and O–H groups in total. The summed E-state index contributed by atoms with van der Waals surface area (Å²) in [5.74, 6) is 0. The van der Waals surface area contributed by atoms with Crippen LogP contribution in [0.1, 0.15) is 52.9 Å². The van der Waals surface area contributed by atoms with E-state index in [1.54, 1.807) is 0 Å². The molecule has 0 nitrogen and oxygen atoms in total. The highest BCUT2D eigenvalue weighted by molar-refractivity contribution is 8.14. The Bertz CT molecular complexity index is 192. The van der Waals surface area contributed by atoms with Gasteiger partial charge in [-0.1, -0.05) is 19.3 Å². The summed E-state index contributed by atoms with van der Waals surface area (Å²) in [6, 6.07) is 0. The predicted molar refractivity (Wildman–Crippen MR) is 77.7 cm³/mol. The molecule has 0 aliphatic heterocycles. The van der Waals surface area contributed by atoms with E-state index in [9.17, 15) is 0 Å². The van der Waals surface area contributed by atoms with Crippen LogP contribution in [0, 0.1) is 0 Å². The quantitative estimate of drug-likeness (QED) is 0.518. The molecule has 0 amide bonds. The van der Waals surface area contributed by atoms with Crippen LogP contribution in [-0.4, -0.2) is 30.1 Å². The van der Waals surface area contributed by atoms with Gasteiger partial charge in [0.15, 0.2) is 0 Å². The van der Waals surface area contributed by atoms with E-state index in [2.05, 4.69) is 39.2 Å². The van der Waals surface area contributed by atoms with Gasteiger partial charge in [0.1, 0.15) is 0 Å². The minimum atomic E-state index is -1.23. The van der Waals surface area contributed by atoms with Gasteiger partial charge in [-0.25, -0.2) is 7.14 Å². The van der Waals surface area contributed by atoms with Gasteiger partial charge in [0, 0.05) is 17.1 Å². The van der Waals surface area contributed by atoms with Gasteiger partial charge in [0.25, 0.3) is 0 Å². The van der Waals surface area contributed by atoms with Crippen LogP contribution < -0.4 is 0 Å². The average molecular weight is 243 g/mol. The van der Waals surface area contributed by atoms with E-state index in [-0.39, 0.29) is 0 Å². The van der Waals surface area contributed by atoms with E-state index in [1.165, 1.54) is 37.6 Å². The topological polar surface area (TPSA) is 0 Å². The summed E-state index contributed by atoms with van der Waals surface area (Å²) in [5, 5.41) is 1.22. The van der Waals surface area contributed by atoms with Crippen LogP contribution in [0.25, 0.3) is 0 Å². The SMILES string of the molecule is [B-][P+](C)(CSC1CCCCC1)C(C)(C)C. The van der Waals surface area contributed by atoms with Crippen LogP contribution in [0.4, 0.5) is 0 Å². The molecule has 3 radical (unpaired) electrons. The molecule has 1 unspecified atom stereocenters. The molecule has 0 saturated heterocycles. The first-order valence-corrected chi connectivity index (χ1v) is 9.63. The molecule has 87 valence electrons. The number of hydrogen-bond donors (Lipinski definition) is 0. The minimum Gasteiger partial charge on any atom is -0.305 e. The van der Waals surface area contributed by atoms with Crippen LogP contribution in [0.5, 0.6) is 0 Å². The molecule has 0 aromatic heterocycles. The van der Waals surface area contributed by atoms with Crippen molar-refractivity contribution >= 4 is 26.5 Å². The molecule has 1 saturated carbocycles. The maximum Gasteiger partial charge on any atom is 0.0571 e. The molecule has 0 spiro atoms. The Kier molecular flexibility index (Phi) is 5.06. The molecule has 3 heteroatoms. The summed E-state index contributed by atoms with van der Waals surface area (Å²) >= 11 is 2.16. The number of rotatable bonds is 3. The van der Waals surface area contributed by atoms with Crippen molar-refractivity contribution in [2.24, 2.45) is 0 Å². The van der Waals surface area contributed by atoms with Crippen molar-refractivity contribution in [3.8, 4) is 0 Å². The zero-order valence-electron chi connectivity index (χ0n) is 10.8. The van der Waals surface area contributed by atoms with Crippen molar-refractivity contribution < 1.29 is 0 Å². The fourth-order valence-corrected chi connectivity index (χ4v) is 5.98. The molecular formula is C12H25BPS. The third kappa shape index (κ3) is 4.31. The van der Waals surface area contributed by atoms with Crippen LogP contribution >= 0.6 is 18.9 Å². The molecule has 1 atom stereocenters. The van der Waals surface area contributed by atoms with Gasteiger partial charge in [0.2, 0.25) is 0 Å². The largest absolute Gasteiger partial charge is 0.305 e. The molecule has 1 rings (SSSR count). The van der Waals surface area contributed by atoms with Gasteiger partial charge in [-0.2, -0.15) is 0 Å². The smallest absolute Gasteiger partial charge is 0.0571 e. The molecular weight excluding hydrogens is 218 g/mol. The Hall–Kier alpha value is 0.845. The lowest BCUT2D eigenvalue weighted by Gasteiger charge is -2.45. The first kappa shape index (κ1) is 13.9. The van der Waals surface area contributed by atoms with Crippen molar-refractivity contribution in [3.63, 3.8) is 0 Å². The molecule has 0 aromatic rings. The minimum absolute atomic E-state index is 0.314.